The summed E-state index contributed by atoms with van der Waals surface area (Å²) in [7, 11) is 0. The number of anilines is 1. The summed E-state index contributed by atoms with van der Waals surface area (Å²) in [5, 5.41) is 23.1. The van der Waals surface area contributed by atoms with Crippen molar-refractivity contribution in [2.45, 2.75) is 26.2 Å². The molecule has 0 aromatic carbocycles. The Morgan fingerprint density at radius 2 is 2.00 bits per heavy atom. The Morgan fingerprint density at radius 1 is 1.35 bits per heavy atom. The lowest BCUT2D eigenvalue weighted by Gasteiger charge is -2.13. The van der Waals surface area contributed by atoms with E-state index in [-0.39, 0.29) is 28.2 Å². The van der Waals surface area contributed by atoms with Crippen LogP contribution in [0.25, 0.3) is 5.82 Å². The van der Waals surface area contributed by atoms with Crippen LogP contribution in [0, 0.1) is 10.1 Å². The Labute approximate surface area is 119 Å². The van der Waals surface area contributed by atoms with Crippen molar-refractivity contribution < 1.29 is 4.92 Å². The number of rotatable bonds is 2. The van der Waals surface area contributed by atoms with E-state index < -0.39 is 10.3 Å². The van der Waals surface area contributed by atoms with Crippen molar-refractivity contribution in [1.82, 2.24) is 20.0 Å². The fraction of sp³-hybridized carbons (Fsp3) is 0.364. The summed E-state index contributed by atoms with van der Waals surface area (Å²) in [6.45, 7) is 5.46. The van der Waals surface area contributed by atoms with Gasteiger partial charge in [-0.05, 0) is 12.1 Å². The smallest absolute Gasteiger partial charge is 0.334 e. The van der Waals surface area contributed by atoms with Crippen molar-refractivity contribution in [1.29, 1.82) is 0 Å². The second-order valence-electron chi connectivity index (χ2n) is 5.22. The van der Waals surface area contributed by atoms with Crippen molar-refractivity contribution in [3.05, 3.63) is 33.1 Å². The van der Waals surface area contributed by atoms with E-state index in [0.717, 1.165) is 0 Å². The third kappa shape index (κ3) is 2.42. The highest BCUT2D eigenvalue weighted by Crippen LogP contribution is 2.35. The lowest BCUT2D eigenvalue weighted by Crippen LogP contribution is -2.14. The molecule has 0 unspecified atom stereocenters. The molecule has 20 heavy (non-hydrogen) atoms. The minimum atomic E-state index is -0.539. The molecular formula is C11H13ClN6O2. The van der Waals surface area contributed by atoms with Gasteiger partial charge in [-0.15, -0.1) is 10.2 Å². The molecule has 0 aliphatic rings. The monoisotopic (exact) mass is 296 g/mol. The van der Waals surface area contributed by atoms with Gasteiger partial charge in [0.25, 0.3) is 0 Å². The van der Waals surface area contributed by atoms with E-state index in [4.69, 9.17) is 17.3 Å². The van der Waals surface area contributed by atoms with Crippen LogP contribution >= 0.6 is 11.6 Å². The van der Waals surface area contributed by atoms with Crippen LogP contribution in [0.1, 0.15) is 26.5 Å². The molecule has 0 spiro atoms. The molecule has 0 amide bonds. The van der Waals surface area contributed by atoms with Crippen LogP contribution in [0.15, 0.2) is 12.1 Å². The number of nitro groups is 1. The normalized spacial score (nSPS) is 11.6. The van der Waals surface area contributed by atoms with Gasteiger partial charge in [-0.2, -0.15) is 9.78 Å². The minimum absolute atomic E-state index is 0.0865. The Bertz CT molecular complexity index is 659. The van der Waals surface area contributed by atoms with Gasteiger partial charge in [-0.25, -0.2) is 0 Å². The van der Waals surface area contributed by atoms with Gasteiger partial charge in [0, 0.05) is 5.41 Å². The topological polar surface area (TPSA) is 113 Å². The fourth-order valence-corrected chi connectivity index (χ4v) is 1.81. The summed E-state index contributed by atoms with van der Waals surface area (Å²) in [5.41, 5.74) is 5.38. The summed E-state index contributed by atoms with van der Waals surface area (Å²) < 4.78 is 1.20. The largest absolute Gasteiger partial charge is 0.378 e. The molecule has 0 saturated heterocycles. The first-order chi connectivity index (χ1) is 9.21. The summed E-state index contributed by atoms with van der Waals surface area (Å²) in [6, 6.07) is 3.04. The van der Waals surface area contributed by atoms with Gasteiger partial charge in [-0.3, -0.25) is 10.1 Å². The summed E-state index contributed by atoms with van der Waals surface area (Å²) >= 11 is 5.66. The van der Waals surface area contributed by atoms with Gasteiger partial charge in [0.15, 0.2) is 11.0 Å². The number of aromatic nitrogens is 4. The van der Waals surface area contributed by atoms with E-state index in [2.05, 4.69) is 15.3 Å². The van der Waals surface area contributed by atoms with Gasteiger partial charge in [0.1, 0.15) is 5.69 Å². The van der Waals surface area contributed by atoms with Crippen molar-refractivity contribution in [2.75, 3.05) is 5.73 Å². The third-order valence-electron chi connectivity index (χ3n) is 2.62. The highest BCUT2D eigenvalue weighted by Gasteiger charge is 2.34. The molecule has 2 aromatic rings. The van der Waals surface area contributed by atoms with E-state index in [1.165, 1.54) is 16.8 Å². The highest BCUT2D eigenvalue weighted by molar-refractivity contribution is 6.29. The Kier molecular flexibility index (Phi) is 3.34. The predicted molar refractivity (Wildman–Crippen MR) is 73.9 cm³/mol. The fourth-order valence-electron chi connectivity index (χ4n) is 1.70. The molecule has 106 valence electrons. The summed E-state index contributed by atoms with van der Waals surface area (Å²) in [4.78, 5) is 10.7. The molecule has 2 rings (SSSR count). The Balaban J connectivity index is 2.67. The summed E-state index contributed by atoms with van der Waals surface area (Å²) in [5.74, 6) is 0.182. The number of nitrogens with zero attached hydrogens (tertiary/aromatic N) is 5. The van der Waals surface area contributed by atoms with Crippen LogP contribution in [0.3, 0.4) is 0 Å². The van der Waals surface area contributed by atoms with E-state index in [1.54, 1.807) is 0 Å². The first-order valence-corrected chi connectivity index (χ1v) is 6.12. The number of hydrogen-bond donors (Lipinski definition) is 1. The lowest BCUT2D eigenvalue weighted by molar-refractivity contribution is -0.385. The molecule has 9 heteroatoms. The third-order valence-corrected chi connectivity index (χ3v) is 2.82. The average Bonchev–Trinajstić information content (AvgIpc) is 2.68. The molecule has 0 atom stereocenters. The number of nitrogens with two attached hydrogens (primary N) is 1. The van der Waals surface area contributed by atoms with Crippen LogP contribution in [-0.2, 0) is 5.41 Å². The van der Waals surface area contributed by atoms with Gasteiger partial charge >= 0.3 is 5.69 Å². The zero-order valence-corrected chi connectivity index (χ0v) is 11.9. The van der Waals surface area contributed by atoms with E-state index in [9.17, 15) is 10.1 Å². The zero-order chi connectivity index (χ0) is 15.1. The molecular weight excluding hydrogens is 284 g/mol. The van der Waals surface area contributed by atoms with E-state index >= 15 is 0 Å². The molecule has 8 nitrogen and oxygen atoms in total. The molecule has 2 aromatic heterocycles. The van der Waals surface area contributed by atoms with Crippen molar-refractivity contribution in [3.8, 4) is 5.82 Å². The Hall–Kier alpha value is -2.22. The average molecular weight is 297 g/mol. The SMILES string of the molecule is CC(C)(C)c1nn(-c2ccc(Cl)nn2)c(N)c1[N+](=O)[O-]. The maximum Gasteiger partial charge on any atom is 0.334 e. The minimum Gasteiger partial charge on any atom is -0.378 e. The van der Waals surface area contributed by atoms with Crippen LogP contribution in [0.4, 0.5) is 11.5 Å². The van der Waals surface area contributed by atoms with Gasteiger partial charge in [0.05, 0.1) is 4.92 Å². The maximum atomic E-state index is 11.2. The second-order valence-corrected chi connectivity index (χ2v) is 5.60. The molecule has 2 heterocycles. The molecule has 2 N–H and O–H groups in total. The first kappa shape index (κ1) is 14.2. The molecule has 0 aliphatic heterocycles. The molecule has 0 bridgehead atoms. The highest BCUT2D eigenvalue weighted by atomic mass is 35.5. The molecule has 0 saturated carbocycles. The molecule has 0 aliphatic carbocycles. The lowest BCUT2D eigenvalue weighted by atomic mass is 9.91. The van der Waals surface area contributed by atoms with Crippen LogP contribution in [0.2, 0.25) is 5.15 Å². The van der Waals surface area contributed by atoms with Gasteiger partial charge in [0.2, 0.25) is 5.82 Å². The van der Waals surface area contributed by atoms with E-state index in [0.29, 0.717) is 0 Å². The van der Waals surface area contributed by atoms with Crippen molar-refractivity contribution >= 4 is 23.1 Å². The van der Waals surface area contributed by atoms with Crippen LogP contribution in [0.5, 0.6) is 0 Å². The van der Waals surface area contributed by atoms with Crippen LogP contribution in [-0.4, -0.2) is 24.9 Å². The number of nitrogen functional groups attached to an aromatic ring is 1. The first-order valence-electron chi connectivity index (χ1n) is 5.75. The summed E-state index contributed by atoms with van der Waals surface area (Å²) in [6.07, 6.45) is 0. The zero-order valence-electron chi connectivity index (χ0n) is 11.2. The number of hydrogen-bond acceptors (Lipinski definition) is 6. The van der Waals surface area contributed by atoms with Crippen molar-refractivity contribution in [3.63, 3.8) is 0 Å². The standard InChI is InChI=1S/C11H13ClN6O2/c1-11(2,3)9-8(18(19)20)10(13)17(16-9)7-5-4-6(12)14-15-7/h4-5H,13H2,1-3H3. The van der Waals surface area contributed by atoms with Gasteiger partial charge in [-0.1, -0.05) is 32.4 Å². The molecule has 0 radical (unpaired) electrons. The van der Waals surface area contributed by atoms with Crippen LogP contribution < -0.4 is 5.73 Å². The maximum absolute atomic E-state index is 11.2. The quantitative estimate of drug-likeness (QED) is 0.670. The van der Waals surface area contributed by atoms with Crippen molar-refractivity contribution in [2.24, 2.45) is 0 Å². The predicted octanol–water partition coefficient (Wildman–Crippen LogP) is 2.10. The van der Waals surface area contributed by atoms with E-state index in [1.807, 2.05) is 20.8 Å². The molecule has 0 fully saturated rings. The number of halogens is 1. The second kappa shape index (κ2) is 4.71. The Morgan fingerprint density at radius 3 is 2.40 bits per heavy atom. The van der Waals surface area contributed by atoms with Gasteiger partial charge < -0.3 is 5.73 Å².